The molecule has 0 spiro atoms. The number of nitrogens with zero attached hydrogens (tertiary/aromatic N) is 5. The van der Waals surface area contributed by atoms with E-state index in [9.17, 15) is 4.79 Å². The highest BCUT2D eigenvalue weighted by molar-refractivity contribution is 7.18. The summed E-state index contributed by atoms with van der Waals surface area (Å²) in [5.74, 6) is 1.40. The Kier molecular flexibility index (Phi) is 4.92. The molecule has 1 fully saturated rings. The molecule has 0 radical (unpaired) electrons. The monoisotopic (exact) mass is 412 g/mol. The Bertz CT molecular complexity index is 1040. The van der Waals surface area contributed by atoms with Crippen molar-refractivity contribution >= 4 is 33.3 Å². The van der Waals surface area contributed by atoms with E-state index in [1.807, 2.05) is 9.58 Å². The van der Waals surface area contributed by atoms with Gasteiger partial charge in [-0.25, -0.2) is 9.97 Å². The molecule has 0 saturated carbocycles. The van der Waals surface area contributed by atoms with Crippen LogP contribution in [0.25, 0.3) is 10.2 Å². The van der Waals surface area contributed by atoms with E-state index in [0.29, 0.717) is 32.2 Å². The number of hydrogen-bond donors (Lipinski definition) is 1. The molecule has 0 aromatic carbocycles. The van der Waals surface area contributed by atoms with Crippen molar-refractivity contribution in [1.29, 1.82) is 0 Å². The number of ether oxygens (including phenoxy) is 1. The minimum atomic E-state index is 0.0782. The molecule has 1 atom stereocenters. The molecule has 152 valence electrons. The van der Waals surface area contributed by atoms with Crippen LogP contribution in [0.3, 0.4) is 0 Å². The number of amides is 1. The van der Waals surface area contributed by atoms with Crippen LogP contribution >= 0.6 is 11.3 Å². The van der Waals surface area contributed by atoms with Crippen molar-refractivity contribution in [2.75, 3.05) is 38.2 Å². The van der Waals surface area contributed by atoms with Crippen molar-refractivity contribution in [3.63, 3.8) is 0 Å². The van der Waals surface area contributed by atoms with Gasteiger partial charge in [0.05, 0.1) is 36.1 Å². The number of aryl methyl sites for hydroxylation is 2. The third-order valence-corrected chi connectivity index (χ3v) is 6.68. The van der Waals surface area contributed by atoms with E-state index in [1.165, 1.54) is 4.88 Å². The Morgan fingerprint density at radius 3 is 3.03 bits per heavy atom. The van der Waals surface area contributed by atoms with E-state index in [2.05, 4.69) is 33.4 Å². The first kappa shape index (κ1) is 18.5. The standard InChI is InChI=1S/C20H24N6O2S/c1-13-8-15-18(22-12-23-19(15)29-13)21-10-14-2-3-26-17(9-14)16(11-24-26)20(27)25-4-6-28-7-5-25/h8,11-12,14H,2-7,9-10H2,1H3,(H,21,22,23)/t14-/m1/s1. The molecule has 9 heteroatoms. The lowest BCUT2D eigenvalue weighted by Gasteiger charge is -2.28. The lowest BCUT2D eigenvalue weighted by atomic mass is 9.94. The molecule has 0 bridgehead atoms. The molecular formula is C20H24N6O2S. The largest absolute Gasteiger partial charge is 0.378 e. The first-order valence-corrected chi connectivity index (χ1v) is 10.9. The minimum absolute atomic E-state index is 0.0782. The highest BCUT2D eigenvalue weighted by Gasteiger charge is 2.28. The summed E-state index contributed by atoms with van der Waals surface area (Å²) in [7, 11) is 0. The summed E-state index contributed by atoms with van der Waals surface area (Å²) in [5.41, 5.74) is 1.80. The lowest BCUT2D eigenvalue weighted by Crippen LogP contribution is -2.41. The van der Waals surface area contributed by atoms with Crippen molar-refractivity contribution in [3.05, 3.63) is 34.7 Å². The van der Waals surface area contributed by atoms with E-state index in [4.69, 9.17) is 4.74 Å². The van der Waals surface area contributed by atoms with Gasteiger partial charge < -0.3 is 15.0 Å². The lowest BCUT2D eigenvalue weighted by molar-refractivity contribution is 0.0301. The van der Waals surface area contributed by atoms with E-state index in [1.54, 1.807) is 23.9 Å². The van der Waals surface area contributed by atoms with E-state index in [0.717, 1.165) is 53.2 Å². The van der Waals surface area contributed by atoms with Gasteiger partial charge in [0.2, 0.25) is 0 Å². The first-order valence-electron chi connectivity index (χ1n) is 10.1. The first-order chi connectivity index (χ1) is 14.2. The third-order valence-electron chi connectivity index (χ3n) is 5.72. The Morgan fingerprint density at radius 2 is 2.17 bits per heavy atom. The second kappa shape index (κ2) is 7.72. The molecule has 8 nitrogen and oxygen atoms in total. The molecule has 2 aliphatic rings. The molecule has 2 aliphatic heterocycles. The van der Waals surface area contributed by atoms with Crippen LogP contribution in [0.5, 0.6) is 0 Å². The minimum Gasteiger partial charge on any atom is -0.378 e. The SMILES string of the molecule is Cc1cc2c(NC[C@@H]3CCn4ncc(C(=O)N5CCOCC5)c4C3)ncnc2s1. The number of nitrogens with one attached hydrogen (secondary N) is 1. The van der Waals surface area contributed by atoms with Crippen LogP contribution in [-0.4, -0.2) is 63.4 Å². The molecule has 1 saturated heterocycles. The highest BCUT2D eigenvalue weighted by Crippen LogP contribution is 2.29. The van der Waals surface area contributed by atoms with Crippen LogP contribution in [-0.2, 0) is 17.7 Å². The van der Waals surface area contributed by atoms with Gasteiger partial charge in [-0.15, -0.1) is 11.3 Å². The zero-order valence-electron chi connectivity index (χ0n) is 16.4. The topological polar surface area (TPSA) is 85.2 Å². The molecule has 5 heterocycles. The number of fused-ring (bicyclic) bond motifs is 2. The number of anilines is 1. The maximum atomic E-state index is 13.0. The Hall–Kier alpha value is -2.52. The summed E-state index contributed by atoms with van der Waals surface area (Å²) in [4.78, 5) is 25.9. The van der Waals surface area contributed by atoms with Crippen molar-refractivity contribution < 1.29 is 9.53 Å². The molecule has 1 amide bonds. The quantitative estimate of drug-likeness (QED) is 0.708. The summed E-state index contributed by atoms with van der Waals surface area (Å²) >= 11 is 1.68. The van der Waals surface area contributed by atoms with Gasteiger partial charge in [0.25, 0.3) is 5.91 Å². The Labute approximate surface area is 172 Å². The summed E-state index contributed by atoms with van der Waals surface area (Å²) in [6, 6.07) is 2.14. The van der Waals surface area contributed by atoms with Gasteiger partial charge in [-0.1, -0.05) is 0 Å². The van der Waals surface area contributed by atoms with Crippen molar-refractivity contribution in [2.24, 2.45) is 5.92 Å². The zero-order chi connectivity index (χ0) is 19.8. The van der Waals surface area contributed by atoms with E-state index < -0.39 is 0 Å². The molecule has 3 aromatic heterocycles. The van der Waals surface area contributed by atoms with Gasteiger partial charge >= 0.3 is 0 Å². The molecule has 0 unspecified atom stereocenters. The second-order valence-electron chi connectivity index (χ2n) is 7.67. The molecule has 5 rings (SSSR count). The maximum Gasteiger partial charge on any atom is 0.257 e. The highest BCUT2D eigenvalue weighted by atomic mass is 32.1. The number of hydrogen-bond acceptors (Lipinski definition) is 7. The predicted octanol–water partition coefficient (Wildman–Crippen LogP) is 2.34. The van der Waals surface area contributed by atoms with Crippen molar-refractivity contribution in [2.45, 2.75) is 26.3 Å². The van der Waals surface area contributed by atoms with Crippen LogP contribution in [0.4, 0.5) is 5.82 Å². The summed E-state index contributed by atoms with van der Waals surface area (Å²) in [6.07, 6.45) is 5.24. The molecule has 29 heavy (non-hydrogen) atoms. The van der Waals surface area contributed by atoms with Crippen molar-refractivity contribution in [1.82, 2.24) is 24.6 Å². The molecular weight excluding hydrogens is 388 g/mol. The number of rotatable bonds is 4. The van der Waals surface area contributed by atoms with Crippen LogP contribution < -0.4 is 5.32 Å². The van der Waals surface area contributed by atoms with Gasteiger partial charge in [0.15, 0.2) is 0 Å². The number of aromatic nitrogens is 4. The third kappa shape index (κ3) is 3.60. The summed E-state index contributed by atoms with van der Waals surface area (Å²) < 4.78 is 7.37. The maximum absolute atomic E-state index is 13.0. The number of carbonyl (C=O) groups excluding carboxylic acids is 1. The van der Waals surface area contributed by atoms with Gasteiger partial charge in [-0.3, -0.25) is 9.48 Å². The number of thiophene rings is 1. The van der Waals surface area contributed by atoms with Crippen LogP contribution in [0.2, 0.25) is 0 Å². The average molecular weight is 413 g/mol. The van der Waals surface area contributed by atoms with E-state index >= 15 is 0 Å². The normalized spacial score (nSPS) is 19.3. The zero-order valence-corrected chi connectivity index (χ0v) is 17.2. The van der Waals surface area contributed by atoms with Crippen LogP contribution in [0.15, 0.2) is 18.6 Å². The van der Waals surface area contributed by atoms with Crippen LogP contribution in [0, 0.1) is 12.8 Å². The number of carbonyl (C=O) groups is 1. The molecule has 3 aromatic rings. The predicted molar refractivity (Wildman–Crippen MR) is 111 cm³/mol. The Balaban J connectivity index is 1.29. The molecule has 1 N–H and O–H groups in total. The Morgan fingerprint density at radius 1 is 1.31 bits per heavy atom. The number of morpholine rings is 1. The van der Waals surface area contributed by atoms with Gasteiger partial charge in [0, 0.05) is 31.1 Å². The summed E-state index contributed by atoms with van der Waals surface area (Å²) in [6.45, 7) is 6.27. The van der Waals surface area contributed by atoms with E-state index in [-0.39, 0.29) is 5.91 Å². The fourth-order valence-electron chi connectivity index (χ4n) is 4.15. The fraction of sp³-hybridized carbons (Fsp3) is 0.500. The van der Waals surface area contributed by atoms with Crippen LogP contribution in [0.1, 0.15) is 27.3 Å². The van der Waals surface area contributed by atoms with Crippen molar-refractivity contribution in [3.8, 4) is 0 Å². The summed E-state index contributed by atoms with van der Waals surface area (Å²) in [5, 5.41) is 9.07. The van der Waals surface area contributed by atoms with Gasteiger partial charge in [-0.05, 0) is 31.7 Å². The second-order valence-corrected chi connectivity index (χ2v) is 8.91. The smallest absolute Gasteiger partial charge is 0.257 e. The van der Waals surface area contributed by atoms with Gasteiger partial charge in [-0.2, -0.15) is 5.10 Å². The molecule has 0 aliphatic carbocycles. The average Bonchev–Trinajstić information content (AvgIpc) is 3.34. The fourth-order valence-corrected chi connectivity index (χ4v) is 4.99. The van der Waals surface area contributed by atoms with Gasteiger partial charge in [0.1, 0.15) is 17.0 Å².